The minimum atomic E-state index is -0.498. The molecule has 0 heterocycles. The lowest BCUT2D eigenvalue weighted by Gasteiger charge is -2.10. The maximum Gasteiger partial charge on any atom is 0.200 e. The second kappa shape index (κ2) is 2.72. The van der Waals surface area contributed by atoms with Crippen molar-refractivity contribution in [1.29, 1.82) is 0 Å². The third kappa shape index (κ3) is 2.31. The van der Waals surface area contributed by atoms with Gasteiger partial charge in [-0.05, 0) is 6.44 Å². The molecule has 7 heavy (non-hydrogen) atoms. The molecule has 0 aliphatic carbocycles. The molecule has 0 rings (SSSR count). The number of hydrogen-bond donors (Lipinski definition) is 0. The Kier molecular flexibility index (Phi) is 2.56. The summed E-state index contributed by atoms with van der Waals surface area (Å²) >= 11 is 0. The van der Waals surface area contributed by atoms with Crippen LogP contribution in [0.5, 0.6) is 0 Å². The number of rotatable bonds is 1. The fraction of sp³-hybridized carbons (Fsp3) is 0.667. The molecule has 2 nitrogen and oxygen atoms in total. The second-order valence-electron chi connectivity index (χ2n) is 1.22. The second-order valence-corrected chi connectivity index (χ2v) is 1.22. The van der Waals surface area contributed by atoms with Crippen LogP contribution in [-0.4, -0.2) is 39.9 Å². The molecule has 0 saturated heterocycles. The van der Waals surface area contributed by atoms with Crippen LogP contribution in [0.25, 0.3) is 0 Å². The molecule has 0 aliphatic heterocycles. The van der Waals surface area contributed by atoms with Gasteiger partial charge in [0, 0.05) is 7.05 Å². The highest BCUT2D eigenvalue weighted by atomic mass is 16.1. The van der Waals surface area contributed by atoms with Crippen molar-refractivity contribution >= 4 is 21.5 Å². The monoisotopic (exact) mass is 93.1 g/mol. The molecule has 0 aromatic rings. The van der Waals surface area contributed by atoms with E-state index in [1.807, 2.05) is 0 Å². The van der Waals surface area contributed by atoms with Crippen molar-refractivity contribution in [1.82, 2.24) is 4.90 Å². The molecule has 0 N–H and O–H groups in total. The lowest BCUT2D eigenvalue weighted by Crippen LogP contribution is -2.26. The van der Waals surface area contributed by atoms with Gasteiger partial charge in [0.1, 0.15) is 0 Å². The molecule has 0 fully saturated rings. The van der Waals surface area contributed by atoms with Crippen molar-refractivity contribution in [3.8, 4) is 0 Å². The molecular weight excluding hydrogens is 87.7 g/mol. The number of amides is 1. The first-order valence-electron chi connectivity index (χ1n) is 1.89. The maximum atomic E-state index is 10.00. The number of hydrogen-bond acceptors (Lipinski definition) is 1. The zero-order chi connectivity index (χ0) is 5.86. The molecule has 0 aliphatic rings. The molecule has 4 radical (unpaired) electrons. The third-order valence-electron chi connectivity index (χ3n) is 0.650. The van der Waals surface area contributed by atoms with Crippen LogP contribution in [0.15, 0.2) is 0 Å². The standard InChI is InChI=1S/C3H5B2NO/c1-6(2-4)3(5)7/h2H2,1H3. The molecule has 0 unspecified atom stereocenters. The topological polar surface area (TPSA) is 20.3 Å². The molecule has 4 heteroatoms. The zero-order valence-electron chi connectivity index (χ0n) is 4.22. The summed E-state index contributed by atoms with van der Waals surface area (Å²) in [5.41, 5.74) is 0. The van der Waals surface area contributed by atoms with Crippen molar-refractivity contribution in [2.45, 2.75) is 0 Å². The van der Waals surface area contributed by atoms with E-state index in [9.17, 15) is 4.79 Å². The van der Waals surface area contributed by atoms with Gasteiger partial charge in [-0.15, -0.1) is 0 Å². The van der Waals surface area contributed by atoms with Gasteiger partial charge in [-0.1, -0.05) is 0 Å². The molecule has 1 amide bonds. The van der Waals surface area contributed by atoms with Crippen molar-refractivity contribution in [2.24, 2.45) is 0 Å². The van der Waals surface area contributed by atoms with E-state index >= 15 is 0 Å². The highest BCUT2D eigenvalue weighted by Gasteiger charge is 1.92. The minimum absolute atomic E-state index is 0.176. The van der Waals surface area contributed by atoms with Crippen LogP contribution < -0.4 is 0 Å². The van der Waals surface area contributed by atoms with Crippen molar-refractivity contribution < 1.29 is 4.79 Å². The summed E-state index contributed by atoms with van der Waals surface area (Å²) in [5, 5.41) is 0. The average Bonchev–Trinajstić information content (AvgIpc) is 1.65. The van der Waals surface area contributed by atoms with Crippen LogP contribution >= 0.6 is 0 Å². The zero-order valence-corrected chi connectivity index (χ0v) is 4.22. The van der Waals surface area contributed by atoms with Gasteiger partial charge in [0.05, 0.1) is 7.85 Å². The smallest absolute Gasteiger partial charge is 0.200 e. The molecule has 0 aromatic carbocycles. The van der Waals surface area contributed by atoms with Crippen molar-refractivity contribution in [3.05, 3.63) is 0 Å². The van der Waals surface area contributed by atoms with Crippen LogP contribution in [0.4, 0.5) is 4.79 Å². The van der Waals surface area contributed by atoms with Crippen molar-refractivity contribution in [3.63, 3.8) is 0 Å². The Balaban J connectivity index is 3.34. The van der Waals surface area contributed by atoms with E-state index in [0.717, 1.165) is 0 Å². The molecule has 0 spiro atoms. The Labute approximate surface area is 45.7 Å². The lowest BCUT2D eigenvalue weighted by molar-refractivity contribution is 0.238. The summed E-state index contributed by atoms with van der Waals surface area (Å²) < 4.78 is 0. The Morgan fingerprint density at radius 2 is 2.29 bits per heavy atom. The Morgan fingerprint density at radius 3 is 2.29 bits per heavy atom. The maximum absolute atomic E-state index is 10.00. The normalized spacial score (nSPS) is 8.14. The summed E-state index contributed by atoms with van der Waals surface area (Å²) in [6.07, 6.45) is 0.176. The van der Waals surface area contributed by atoms with E-state index in [4.69, 9.17) is 15.7 Å². The van der Waals surface area contributed by atoms with E-state index in [2.05, 4.69) is 0 Å². The molecule has 34 valence electrons. The molecule has 0 bridgehead atoms. The Morgan fingerprint density at radius 1 is 1.86 bits per heavy atom. The van der Waals surface area contributed by atoms with Crippen molar-refractivity contribution in [2.75, 3.05) is 13.5 Å². The molecule has 0 saturated carbocycles. The first-order valence-corrected chi connectivity index (χ1v) is 1.89. The summed E-state index contributed by atoms with van der Waals surface area (Å²) in [7, 11) is 11.3. The van der Waals surface area contributed by atoms with Gasteiger partial charge in [-0.3, -0.25) is 4.79 Å². The van der Waals surface area contributed by atoms with E-state index in [-0.39, 0.29) is 6.44 Å². The summed E-state index contributed by atoms with van der Waals surface area (Å²) in [4.78, 5) is 11.2. The minimum Gasteiger partial charge on any atom is -0.365 e. The van der Waals surface area contributed by atoms with E-state index < -0.39 is 5.81 Å². The largest absolute Gasteiger partial charge is 0.365 e. The summed E-state index contributed by atoms with van der Waals surface area (Å²) in [6.45, 7) is 0. The first-order chi connectivity index (χ1) is 3.18. The van der Waals surface area contributed by atoms with Gasteiger partial charge in [0.25, 0.3) is 0 Å². The fourth-order valence-electron chi connectivity index (χ4n) is 0.0900. The van der Waals surface area contributed by atoms with Crippen LogP contribution in [0.2, 0.25) is 0 Å². The van der Waals surface area contributed by atoms with Gasteiger partial charge in [-0.25, -0.2) is 0 Å². The number of carbonyl (C=O) groups excluding carboxylic acids is 1. The van der Waals surface area contributed by atoms with Gasteiger partial charge in [-0.2, -0.15) is 0 Å². The fourth-order valence-corrected chi connectivity index (χ4v) is 0.0900. The van der Waals surface area contributed by atoms with Gasteiger partial charge >= 0.3 is 0 Å². The molecule has 0 atom stereocenters. The third-order valence-corrected chi connectivity index (χ3v) is 0.650. The average molecular weight is 92.7 g/mol. The Bertz CT molecular complexity index is 75.3. The van der Waals surface area contributed by atoms with E-state index in [1.54, 1.807) is 0 Å². The molecule has 0 aromatic heterocycles. The summed E-state index contributed by atoms with van der Waals surface area (Å²) in [5.74, 6) is -0.498. The highest BCUT2D eigenvalue weighted by Crippen LogP contribution is 1.74. The van der Waals surface area contributed by atoms with Gasteiger partial charge in [0.15, 0.2) is 5.81 Å². The van der Waals surface area contributed by atoms with Gasteiger partial charge < -0.3 is 4.90 Å². The highest BCUT2D eigenvalue weighted by molar-refractivity contribution is 6.57. The Hall–Kier alpha value is -0.400. The quantitative estimate of drug-likeness (QED) is 0.393. The van der Waals surface area contributed by atoms with Crippen LogP contribution in [0.3, 0.4) is 0 Å². The number of carbonyl (C=O) groups is 1. The van der Waals surface area contributed by atoms with Gasteiger partial charge in [0.2, 0.25) is 7.85 Å². The SMILES string of the molecule is [B]CN(C)C([B])=O. The van der Waals surface area contributed by atoms with E-state index in [0.29, 0.717) is 0 Å². The van der Waals surface area contributed by atoms with Crippen LogP contribution in [-0.2, 0) is 0 Å². The van der Waals surface area contributed by atoms with E-state index in [1.165, 1.54) is 11.9 Å². The predicted octanol–water partition coefficient (Wildman–Crippen LogP) is -0.667. The number of nitrogens with zero attached hydrogens (tertiary/aromatic N) is 1. The summed E-state index contributed by atoms with van der Waals surface area (Å²) in [6, 6.07) is 0. The van der Waals surface area contributed by atoms with Crippen LogP contribution in [0, 0.1) is 0 Å². The molecular formula is C3H5B2NO. The lowest BCUT2D eigenvalue weighted by atomic mass is 10.1. The first kappa shape index (κ1) is 6.60. The predicted molar refractivity (Wildman–Crippen MR) is 29.5 cm³/mol. The van der Waals surface area contributed by atoms with Crippen LogP contribution in [0.1, 0.15) is 0 Å².